The van der Waals surface area contributed by atoms with E-state index in [1.54, 1.807) is 26.8 Å². The van der Waals surface area contributed by atoms with E-state index in [-0.39, 0.29) is 15.9 Å². The minimum Gasteiger partial charge on any atom is -0.315 e. The first kappa shape index (κ1) is 16.2. The number of alkyl halides is 1. The maximum absolute atomic E-state index is 14.1. The molecular weight excluding hydrogens is 364 g/mol. The summed E-state index contributed by atoms with van der Waals surface area (Å²) >= 11 is 8.76. The molecule has 0 N–H and O–H groups in total. The van der Waals surface area contributed by atoms with Gasteiger partial charge < -0.3 is 4.57 Å². The van der Waals surface area contributed by atoms with Crippen molar-refractivity contribution < 1.29 is 13.6 Å². The summed E-state index contributed by atoms with van der Waals surface area (Å²) in [5.41, 5.74) is 1.64. The summed E-state index contributed by atoms with van der Waals surface area (Å²) in [5.74, 6) is -1.39. The van der Waals surface area contributed by atoms with Gasteiger partial charge in [-0.05, 0) is 48.8 Å². The molecule has 0 spiro atoms. The lowest BCUT2D eigenvalue weighted by Crippen LogP contribution is -2.12. The van der Waals surface area contributed by atoms with Gasteiger partial charge in [-0.25, -0.2) is 8.78 Å². The maximum Gasteiger partial charge on any atom is 0.182 e. The van der Waals surface area contributed by atoms with Crippen molar-refractivity contribution in [2.45, 2.75) is 26.1 Å². The molecule has 0 saturated heterocycles. The smallest absolute Gasteiger partial charge is 0.182 e. The van der Waals surface area contributed by atoms with Crippen LogP contribution >= 0.6 is 27.5 Å². The lowest BCUT2D eigenvalue weighted by Gasteiger charge is -2.12. The molecule has 0 aliphatic heterocycles. The second-order valence-corrected chi connectivity index (χ2v) is 6.33. The molecule has 112 valence electrons. The molecule has 1 atom stereocenters. The van der Waals surface area contributed by atoms with Crippen LogP contribution in [0.2, 0.25) is 0 Å². The fourth-order valence-electron chi connectivity index (χ4n) is 2.28. The lowest BCUT2D eigenvalue weighted by atomic mass is 10.1. The number of carbonyl (C=O) groups is 1. The number of Topliss-reactive ketones (excluding diaryl/α,β-unsaturated/α-hetero) is 1. The van der Waals surface area contributed by atoms with Crippen LogP contribution in [-0.2, 0) is 0 Å². The molecule has 1 heterocycles. The average molecular weight is 377 g/mol. The Morgan fingerprint density at radius 3 is 2.43 bits per heavy atom. The molecule has 2 aromatic rings. The molecule has 1 unspecified atom stereocenters. The molecule has 0 aliphatic rings. The number of hydrogen-bond acceptors (Lipinski definition) is 1. The van der Waals surface area contributed by atoms with Crippen molar-refractivity contribution in [3.8, 4) is 5.69 Å². The molecular formula is C15H13BrClF2NO. The number of rotatable bonds is 3. The highest BCUT2D eigenvalue weighted by Crippen LogP contribution is 2.27. The molecule has 0 radical (unpaired) electrons. The Morgan fingerprint density at radius 2 is 1.86 bits per heavy atom. The summed E-state index contributed by atoms with van der Waals surface area (Å²) in [6.07, 6.45) is 0. The van der Waals surface area contributed by atoms with E-state index in [0.29, 0.717) is 17.0 Å². The van der Waals surface area contributed by atoms with Crippen LogP contribution in [0.5, 0.6) is 0 Å². The van der Waals surface area contributed by atoms with Gasteiger partial charge in [0.15, 0.2) is 5.78 Å². The van der Waals surface area contributed by atoms with Gasteiger partial charge >= 0.3 is 0 Å². The van der Waals surface area contributed by atoms with Gasteiger partial charge in [0, 0.05) is 23.0 Å². The quantitative estimate of drug-likeness (QED) is 0.422. The van der Waals surface area contributed by atoms with Gasteiger partial charge in [-0.3, -0.25) is 4.79 Å². The fourth-order valence-corrected chi connectivity index (χ4v) is 2.71. The topological polar surface area (TPSA) is 22.0 Å². The molecule has 2 nitrogen and oxygen atoms in total. The number of aryl methyl sites for hydroxylation is 1. The van der Waals surface area contributed by atoms with E-state index < -0.39 is 17.0 Å². The Kier molecular flexibility index (Phi) is 4.54. The van der Waals surface area contributed by atoms with Crippen LogP contribution in [-0.4, -0.2) is 15.7 Å². The van der Waals surface area contributed by atoms with Crippen LogP contribution in [0, 0.1) is 25.5 Å². The van der Waals surface area contributed by atoms with Crippen molar-refractivity contribution >= 4 is 33.3 Å². The summed E-state index contributed by atoms with van der Waals surface area (Å²) < 4.78 is 29.4. The SMILES string of the molecule is Cc1cc(C(=O)C(C)Cl)c(C)n1-c1cc(F)c(Br)cc1F. The van der Waals surface area contributed by atoms with Gasteiger partial charge in [-0.15, -0.1) is 11.6 Å². The normalized spacial score (nSPS) is 12.5. The second kappa shape index (κ2) is 5.89. The molecule has 0 bridgehead atoms. The van der Waals surface area contributed by atoms with Crippen LogP contribution in [0.1, 0.15) is 28.7 Å². The number of halogens is 4. The standard InChI is InChI=1S/C15H13BrClF2NO/c1-7-4-10(15(21)8(2)17)9(3)20(7)14-6-12(18)11(16)5-13(14)19/h4-6,8H,1-3H3. The van der Waals surface area contributed by atoms with E-state index >= 15 is 0 Å². The molecule has 0 amide bonds. The third kappa shape index (κ3) is 2.90. The zero-order valence-electron chi connectivity index (χ0n) is 11.7. The first-order valence-corrected chi connectivity index (χ1v) is 7.49. The van der Waals surface area contributed by atoms with E-state index in [2.05, 4.69) is 15.9 Å². The van der Waals surface area contributed by atoms with Crippen LogP contribution in [0.15, 0.2) is 22.7 Å². The highest BCUT2D eigenvalue weighted by molar-refractivity contribution is 9.10. The molecule has 1 aromatic heterocycles. The van der Waals surface area contributed by atoms with Crippen molar-refractivity contribution in [2.24, 2.45) is 0 Å². The Hall–Kier alpha value is -1.20. The number of nitrogens with zero attached hydrogens (tertiary/aromatic N) is 1. The molecule has 2 rings (SSSR count). The molecule has 0 saturated carbocycles. The molecule has 1 aromatic carbocycles. The summed E-state index contributed by atoms with van der Waals surface area (Å²) in [4.78, 5) is 12.0. The summed E-state index contributed by atoms with van der Waals surface area (Å²) in [5, 5.41) is -0.676. The monoisotopic (exact) mass is 375 g/mol. The molecule has 21 heavy (non-hydrogen) atoms. The Labute approximate surface area is 134 Å². The largest absolute Gasteiger partial charge is 0.315 e. The number of aromatic nitrogens is 1. The Bertz CT molecular complexity index is 725. The second-order valence-electron chi connectivity index (χ2n) is 4.82. The van der Waals surface area contributed by atoms with Crippen LogP contribution in [0.3, 0.4) is 0 Å². The summed E-state index contributed by atoms with van der Waals surface area (Å²) in [7, 11) is 0. The van der Waals surface area contributed by atoms with Gasteiger partial charge in [0.05, 0.1) is 15.5 Å². The number of carbonyl (C=O) groups excluding carboxylic acids is 1. The van der Waals surface area contributed by atoms with Crippen molar-refractivity contribution in [1.29, 1.82) is 0 Å². The zero-order valence-corrected chi connectivity index (χ0v) is 14.0. The average Bonchev–Trinajstić information content (AvgIpc) is 2.68. The van der Waals surface area contributed by atoms with Crippen molar-refractivity contribution in [3.05, 3.63) is 51.3 Å². The highest BCUT2D eigenvalue weighted by atomic mass is 79.9. The van der Waals surface area contributed by atoms with Crippen molar-refractivity contribution in [1.82, 2.24) is 4.57 Å². The van der Waals surface area contributed by atoms with E-state index in [1.807, 2.05) is 0 Å². The minimum atomic E-state index is -0.676. The van der Waals surface area contributed by atoms with Gasteiger partial charge in [0.1, 0.15) is 11.6 Å². The summed E-state index contributed by atoms with van der Waals surface area (Å²) in [6, 6.07) is 3.79. The molecule has 0 fully saturated rings. The zero-order chi connectivity index (χ0) is 15.9. The number of benzene rings is 1. The number of hydrogen-bond donors (Lipinski definition) is 0. The lowest BCUT2D eigenvalue weighted by molar-refractivity contribution is 0.0991. The first-order valence-electron chi connectivity index (χ1n) is 6.26. The predicted octanol–water partition coefficient (Wildman–Crippen LogP) is 4.94. The van der Waals surface area contributed by atoms with E-state index in [1.165, 1.54) is 4.57 Å². The first-order chi connectivity index (χ1) is 9.73. The van der Waals surface area contributed by atoms with Gasteiger partial charge in [0.25, 0.3) is 0 Å². The highest BCUT2D eigenvalue weighted by Gasteiger charge is 2.21. The Balaban J connectivity index is 2.66. The van der Waals surface area contributed by atoms with Gasteiger partial charge in [-0.1, -0.05) is 0 Å². The van der Waals surface area contributed by atoms with E-state index in [9.17, 15) is 13.6 Å². The third-order valence-corrected chi connectivity index (χ3v) is 4.09. The van der Waals surface area contributed by atoms with Crippen LogP contribution in [0.4, 0.5) is 8.78 Å². The van der Waals surface area contributed by atoms with Crippen LogP contribution < -0.4 is 0 Å². The summed E-state index contributed by atoms with van der Waals surface area (Å²) in [6.45, 7) is 4.98. The molecule has 0 aliphatic carbocycles. The minimum absolute atomic E-state index is 0.0527. The van der Waals surface area contributed by atoms with Crippen molar-refractivity contribution in [3.63, 3.8) is 0 Å². The van der Waals surface area contributed by atoms with Gasteiger partial charge in [0.2, 0.25) is 0 Å². The number of ketones is 1. The van der Waals surface area contributed by atoms with Crippen LogP contribution in [0.25, 0.3) is 5.69 Å². The fraction of sp³-hybridized carbons (Fsp3) is 0.267. The predicted molar refractivity (Wildman–Crippen MR) is 82.5 cm³/mol. The van der Waals surface area contributed by atoms with E-state index in [0.717, 1.165) is 12.1 Å². The van der Waals surface area contributed by atoms with E-state index in [4.69, 9.17) is 11.6 Å². The third-order valence-electron chi connectivity index (χ3n) is 3.29. The van der Waals surface area contributed by atoms with Crippen molar-refractivity contribution in [2.75, 3.05) is 0 Å². The van der Waals surface area contributed by atoms with Gasteiger partial charge in [-0.2, -0.15) is 0 Å². The molecule has 6 heteroatoms. The Morgan fingerprint density at radius 1 is 1.24 bits per heavy atom. The maximum atomic E-state index is 14.1.